The molecule has 0 aromatic carbocycles. The Morgan fingerprint density at radius 2 is 1.95 bits per heavy atom. The van der Waals surface area contributed by atoms with Crippen molar-refractivity contribution in [3.63, 3.8) is 0 Å². The van der Waals surface area contributed by atoms with Crippen molar-refractivity contribution in [2.24, 2.45) is 17.8 Å². The Morgan fingerprint density at radius 3 is 2.50 bits per heavy atom. The van der Waals surface area contributed by atoms with E-state index in [9.17, 15) is 4.79 Å². The van der Waals surface area contributed by atoms with E-state index in [4.69, 9.17) is 9.47 Å². The molecule has 0 heterocycles. The van der Waals surface area contributed by atoms with Gasteiger partial charge in [-0.15, -0.1) is 0 Å². The van der Waals surface area contributed by atoms with Gasteiger partial charge in [0.1, 0.15) is 0 Å². The summed E-state index contributed by atoms with van der Waals surface area (Å²) in [5, 5.41) is 3.66. The van der Waals surface area contributed by atoms with E-state index in [2.05, 4.69) is 33.0 Å². The van der Waals surface area contributed by atoms with E-state index in [1.54, 1.807) is 0 Å². The molecule has 1 aliphatic rings. The monoisotopic (exact) mass is 313 g/mol. The fraction of sp³-hybridized carbons (Fsp3) is 0.944. The summed E-state index contributed by atoms with van der Waals surface area (Å²) in [6, 6.07) is 0.523. The van der Waals surface area contributed by atoms with Gasteiger partial charge in [-0.2, -0.15) is 0 Å². The molecule has 4 atom stereocenters. The van der Waals surface area contributed by atoms with Crippen LogP contribution < -0.4 is 5.32 Å². The molecular formula is C18H35NO3. The van der Waals surface area contributed by atoms with E-state index < -0.39 is 0 Å². The van der Waals surface area contributed by atoms with E-state index in [0.29, 0.717) is 30.6 Å². The largest absolute Gasteiger partial charge is 0.466 e. The lowest BCUT2D eigenvalue weighted by atomic mass is 9.78. The fourth-order valence-electron chi connectivity index (χ4n) is 3.43. The quantitative estimate of drug-likeness (QED) is 0.663. The van der Waals surface area contributed by atoms with Gasteiger partial charge in [0.25, 0.3) is 0 Å². The third-order valence-electron chi connectivity index (χ3n) is 4.74. The molecular weight excluding hydrogens is 278 g/mol. The van der Waals surface area contributed by atoms with Crippen LogP contribution in [-0.2, 0) is 14.3 Å². The maximum atomic E-state index is 11.9. The van der Waals surface area contributed by atoms with Crippen molar-refractivity contribution in [3.05, 3.63) is 0 Å². The molecule has 1 saturated carbocycles. The molecule has 4 heteroatoms. The van der Waals surface area contributed by atoms with Crippen LogP contribution in [0.4, 0.5) is 0 Å². The highest BCUT2D eigenvalue weighted by Crippen LogP contribution is 2.31. The molecule has 4 nitrogen and oxygen atoms in total. The molecule has 0 radical (unpaired) electrons. The Labute approximate surface area is 136 Å². The molecule has 0 saturated heterocycles. The zero-order chi connectivity index (χ0) is 16.5. The average molecular weight is 313 g/mol. The minimum Gasteiger partial charge on any atom is -0.466 e. The summed E-state index contributed by atoms with van der Waals surface area (Å²) < 4.78 is 11.0. The number of hydrogen-bond donors (Lipinski definition) is 1. The maximum Gasteiger partial charge on any atom is 0.309 e. The number of rotatable bonds is 9. The van der Waals surface area contributed by atoms with Gasteiger partial charge in [-0.05, 0) is 57.9 Å². The Kier molecular flexibility index (Phi) is 9.03. The third kappa shape index (κ3) is 6.25. The second kappa shape index (κ2) is 10.2. The van der Waals surface area contributed by atoms with E-state index in [1.165, 1.54) is 0 Å². The Hall–Kier alpha value is -0.610. The van der Waals surface area contributed by atoms with Crippen LogP contribution in [-0.4, -0.2) is 37.9 Å². The van der Waals surface area contributed by atoms with Gasteiger partial charge in [-0.3, -0.25) is 4.79 Å². The second-order valence-electron chi connectivity index (χ2n) is 6.83. The highest BCUT2D eigenvalue weighted by Gasteiger charge is 2.33. The van der Waals surface area contributed by atoms with Crippen LogP contribution >= 0.6 is 0 Å². The summed E-state index contributed by atoms with van der Waals surface area (Å²) in [5.74, 6) is 1.04. The zero-order valence-corrected chi connectivity index (χ0v) is 15.1. The average Bonchev–Trinajstić information content (AvgIpc) is 2.46. The van der Waals surface area contributed by atoms with E-state index in [-0.39, 0.29) is 11.9 Å². The number of esters is 1. The number of nitrogens with one attached hydrogen (secondary N) is 1. The van der Waals surface area contributed by atoms with Crippen molar-refractivity contribution < 1.29 is 14.3 Å². The molecule has 0 aromatic rings. The minimum atomic E-state index is -0.00957. The molecule has 22 heavy (non-hydrogen) atoms. The van der Waals surface area contributed by atoms with Crippen molar-refractivity contribution in [2.45, 2.75) is 72.4 Å². The smallest absolute Gasteiger partial charge is 0.309 e. The summed E-state index contributed by atoms with van der Waals surface area (Å²) in [4.78, 5) is 11.9. The highest BCUT2D eigenvalue weighted by molar-refractivity contribution is 5.72. The van der Waals surface area contributed by atoms with Crippen LogP contribution in [0.1, 0.15) is 60.3 Å². The van der Waals surface area contributed by atoms with Crippen LogP contribution in [0.3, 0.4) is 0 Å². The van der Waals surface area contributed by atoms with Crippen LogP contribution in [0.2, 0.25) is 0 Å². The van der Waals surface area contributed by atoms with Crippen LogP contribution in [0.15, 0.2) is 0 Å². The van der Waals surface area contributed by atoms with Gasteiger partial charge in [0, 0.05) is 12.6 Å². The topological polar surface area (TPSA) is 47.6 Å². The number of carbonyl (C=O) groups is 1. The van der Waals surface area contributed by atoms with E-state index >= 15 is 0 Å². The van der Waals surface area contributed by atoms with Crippen molar-refractivity contribution in [1.29, 1.82) is 0 Å². The Balaban J connectivity index is 2.30. The van der Waals surface area contributed by atoms with Crippen LogP contribution in [0.5, 0.6) is 0 Å². The summed E-state index contributed by atoms with van der Waals surface area (Å²) >= 11 is 0. The van der Waals surface area contributed by atoms with Crippen molar-refractivity contribution in [2.75, 3.05) is 19.8 Å². The minimum absolute atomic E-state index is 0.00957. The number of carbonyl (C=O) groups excluding carboxylic acids is 1. The first-order chi connectivity index (χ1) is 10.5. The zero-order valence-electron chi connectivity index (χ0n) is 15.1. The van der Waals surface area contributed by atoms with E-state index in [1.807, 2.05) is 6.92 Å². The Bertz CT molecular complexity index is 319. The molecule has 4 unspecified atom stereocenters. The van der Waals surface area contributed by atoms with Crippen LogP contribution in [0, 0.1) is 17.8 Å². The molecule has 0 aliphatic heterocycles. The molecule has 130 valence electrons. The predicted octanol–water partition coefficient (Wildman–Crippen LogP) is 3.40. The molecule has 1 rings (SSSR count). The van der Waals surface area contributed by atoms with E-state index in [0.717, 1.165) is 38.8 Å². The number of hydrogen-bond acceptors (Lipinski definition) is 4. The molecule has 1 N–H and O–H groups in total. The van der Waals surface area contributed by atoms with Crippen LogP contribution in [0.25, 0.3) is 0 Å². The lowest BCUT2D eigenvalue weighted by Gasteiger charge is -2.33. The normalized spacial score (nSPS) is 26.9. The first kappa shape index (κ1) is 19.4. The highest BCUT2D eigenvalue weighted by atomic mass is 16.5. The lowest BCUT2D eigenvalue weighted by Crippen LogP contribution is -2.41. The van der Waals surface area contributed by atoms with Gasteiger partial charge in [0.2, 0.25) is 0 Å². The molecule has 1 aliphatic carbocycles. The Morgan fingerprint density at radius 1 is 1.23 bits per heavy atom. The summed E-state index contributed by atoms with van der Waals surface area (Å²) in [7, 11) is 0. The van der Waals surface area contributed by atoms with Crippen molar-refractivity contribution in [1.82, 2.24) is 5.32 Å². The predicted molar refractivity (Wildman–Crippen MR) is 89.8 cm³/mol. The van der Waals surface area contributed by atoms with Gasteiger partial charge < -0.3 is 14.8 Å². The summed E-state index contributed by atoms with van der Waals surface area (Å²) in [6.45, 7) is 12.8. The molecule has 0 bridgehead atoms. The number of ether oxygens (including phenoxy) is 2. The van der Waals surface area contributed by atoms with Gasteiger partial charge in [0.15, 0.2) is 0 Å². The molecule has 0 spiro atoms. The molecule has 0 aromatic heterocycles. The summed E-state index contributed by atoms with van der Waals surface area (Å²) in [5.41, 5.74) is 0. The lowest BCUT2D eigenvalue weighted by molar-refractivity contribution is -0.151. The van der Waals surface area contributed by atoms with Gasteiger partial charge >= 0.3 is 5.97 Å². The SMILES string of the molecule is CCOC(=O)C1CCC(NCCC(OCC)C(C)C)CC1C. The second-order valence-corrected chi connectivity index (χ2v) is 6.83. The first-order valence-corrected chi connectivity index (χ1v) is 9.01. The van der Waals surface area contributed by atoms with Crippen molar-refractivity contribution in [3.8, 4) is 0 Å². The first-order valence-electron chi connectivity index (χ1n) is 9.01. The molecule has 0 amide bonds. The van der Waals surface area contributed by atoms with Gasteiger partial charge in [0.05, 0.1) is 18.6 Å². The van der Waals surface area contributed by atoms with Gasteiger partial charge in [-0.1, -0.05) is 20.8 Å². The standard InChI is InChI=1S/C18H35NO3/c1-6-21-17(13(3)4)10-11-19-15-8-9-16(14(5)12-15)18(20)22-7-2/h13-17,19H,6-12H2,1-5H3. The summed E-state index contributed by atoms with van der Waals surface area (Å²) in [6.07, 6.45) is 4.46. The molecule has 1 fully saturated rings. The van der Waals surface area contributed by atoms with Gasteiger partial charge in [-0.25, -0.2) is 0 Å². The maximum absolute atomic E-state index is 11.9. The van der Waals surface area contributed by atoms with Crippen molar-refractivity contribution >= 4 is 5.97 Å². The fourth-order valence-corrected chi connectivity index (χ4v) is 3.43. The third-order valence-corrected chi connectivity index (χ3v) is 4.74.